The van der Waals surface area contributed by atoms with Crippen LogP contribution in [0.2, 0.25) is 0 Å². The number of nitrogens with one attached hydrogen (secondary N) is 2. The maximum atomic E-state index is 11.0. The lowest BCUT2D eigenvalue weighted by Gasteiger charge is -2.04. The molecule has 0 aliphatic carbocycles. The van der Waals surface area contributed by atoms with Gasteiger partial charge in [-0.15, -0.1) is 0 Å². The summed E-state index contributed by atoms with van der Waals surface area (Å²) in [6.07, 6.45) is 0. The maximum Gasteiger partial charge on any atom is 0.251 e. The molecule has 0 aromatic heterocycles. The average molecular weight is 350 g/mol. The van der Waals surface area contributed by atoms with Gasteiger partial charge >= 0.3 is 0 Å². The number of amides is 2. The summed E-state index contributed by atoms with van der Waals surface area (Å²) in [4.78, 5) is 22.0. The third kappa shape index (κ3) is 4.93. The molecule has 0 unspecified atom stereocenters. The van der Waals surface area contributed by atoms with E-state index in [0.29, 0.717) is 5.56 Å². The van der Waals surface area contributed by atoms with Gasteiger partial charge in [-0.3, -0.25) is 9.59 Å². The van der Waals surface area contributed by atoms with Crippen LogP contribution >= 0.6 is 0 Å². The van der Waals surface area contributed by atoms with E-state index in [4.69, 9.17) is 25.5 Å². The molecular formula is C16H18N2O7. The first-order valence-corrected chi connectivity index (χ1v) is 6.92. The fourth-order valence-corrected chi connectivity index (χ4v) is 1.69. The van der Waals surface area contributed by atoms with Crippen molar-refractivity contribution >= 4 is 11.8 Å². The first-order valence-electron chi connectivity index (χ1n) is 6.92. The van der Waals surface area contributed by atoms with E-state index in [-0.39, 0.29) is 23.0 Å². The van der Waals surface area contributed by atoms with Crippen LogP contribution in [0.5, 0.6) is 28.7 Å². The third-order valence-electron chi connectivity index (χ3n) is 3.02. The lowest BCUT2D eigenvalue weighted by molar-refractivity contribution is 0.0954. The van der Waals surface area contributed by atoms with Crippen molar-refractivity contribution in [2.24, 2.45) is 0 Å². The summed E-state index contributed by atoms with van der Waals surface area (Å²) in [5, 5.41) is 49.7. The number of phenols is 5. The zero-order valence-electron chi connectivity index (χ0n) is 13.4. The van der Waals surface area contributed by atoms with Crippen molar-refractivity contribution in [1.29, 1.82) is 0 Å². The number of hydrogen-bond donors (Lipinski definition) is 7. The standard InChI is InChI=1S/C8H9NO4.C8H9NO3/c1-9-8(13)4-2-5(10)7(12)6(11)3-4;1-9-8(12)5-2-3-6(10)7(11)4-5/h2-3,10-12H,1H3,(H,9,13);2-4,10-11H,1H3,(H,9,12). The van der Waals surface area contributed by atoms with E-state index in [1.165, 1.54) is 32.3 Å². The molecule has 0 bridgehead atoms. The molecule has 0 aliphatic heterocycles. The fourth-order valence-electron chi connectivity index (χ4n) is 1.69. The Balaban J connectivity index is 0.000000251. The summed E-state index contributed by atoms with van der Waals surface area (Å²) >= 11 is 0. The van der Waals surface area contributed by atoms with E-state index in [9.17, 15) is 9.59 Å². The Bertz CT molecular complexity index is 767. The second kappa shape index (κ2) is 8.29. The van der Waals surface area contributed by atoms with E-state index >= 15 is 0 Å². The lowest BCUT2D eigenvalue weighted by Crippen LogP contribution is -2.17. The van der Waals surface area contributed by atoms with Crippen molar-refractivity contribution in [3.63, 3.8) is 0 Å². The predicted molar refractivity (Wildman–Crippen MR) is 88.0 cm³/mol. The quantitative estimate of drug-likeness (QED) is 0.391. The zero-order chi connectivity index (χ0) is 19.1. The largest absolute Gasteiger partial charge is 0.504 e. The minimum Gasteiger partial charge on any atom is -0.504 e. The number of carbonyl (C=O) groups is 2. The Labute approximate surface area is 142 Å². The molecule has 0 radical (unpaired) electrons. The Hall–Kier alpha value is -3.62. The van der Waals surface area contributed by atoms with E-state index in [2.05, 4.69) is 10.6 Å². The number of rotatable bonds is 2. The molecule has 0 spiro atoms. The molecule has 0 atom stereocenters. The van der Waals surface area contributed by atoms with Gasteiger partial charge in [-0.2, -0.15) is 0 Å². The highest BCUT2D eigenvalue weighted by Gasteiger charge is 2.11. The van der Waals surface area contributed by atoms with Gasteiger partial charge in [-0.25, -0.2) is 0 Å². The van der Waals surface area contributed by atoms with Gasteiger partial charge in [0, 0.05) is 25.2 Å². The molecule has 0 aliphatic rings. The van der Waals surface area contributed by atoms with Gasteiger partial charge < -0.3 is 36.2 Å². The summed E-state index contributed by atoms with van der Waals surface area (Å²) < 4.78 is 0. The van der Waals surface area contributed by atoms with Crippen LogP contribution in [0.1, 0.15) is 20.7 Å². The third-order valence-corrected chi connectivity index (χ3v) is 3.02. The lowest BCUT2D eigenvalue weighted by atomic mass is 10.1. The fraction of sp³-hybridized carbons (Fsp3) is 0.125. The van der Waals surface area contributed by atoms with Gasteiger partial charge in [-0.05, 0) is 30.3 Å². The summed E-state index contributed by atoms with van der Waals surface area (Å²) in [5.74, 6) is -2.97. The molecule has 9 nitrogen and oxygen atoms in total. The van der Waals surface area contributed by atoms with Crippen LogP contribution in [0, 0.1) is 0 Å². The molecule has 25 heavy (non-hydrogen) atoms. The van der Waals surface area contributed by atoms with Gasteiger partial charge in [0.2, 0.25) is 0 Å². The minimum atomic E-state index is -0.632. The van der Waals surface area contributed by atoms with E-state index < -0.39 is 23.2 Å². The zero-order valence-corrected chi connectivity index (χ0v) is 13.4. The van der Waals surface area contributed by atoms with Crippen LogP contribution in [0.3, 0.4) is 0 Å². The highest BCUT2D eigenvalue weighted by molar-refractivity contribution is 5.95. The van der Waals surface area contributed by atoms with Crippen LogP contribution in [-0.4, -0.2) is 51.4 Å². The molecule has 2 aromatic rings. The van der Waals surface area contributed by atoms with Crippen molar-refractivity contribution in [3.8, 4) is 28.7 Å². The first kappa shape index (κ1) is 19.4. The highest BCUT2D eigenvalue weighted by atomic mass is 16.3. The highest BCUT2D eigenvalue weighted by Crippen LogP contribution is 2.35. The maximum absolute atomic E-state index is 11.0. The number of hydrogen-bond acceptors (Lipinski definition) is 7. The van der Waals surface area contributed by atoms with E-state index in [1.54, 1.807) is 0 Å². The van der Waals surface area contributed by atoms with Crippen molar-refractivity contribution in [2.75, 3.05) is 14.1 Å². The molecular weight excluding hydrogens is 332 g/mol. The van der Waals surface area contributed by atoms with Crippen molar-refractivity contribution in [2.45, 2.75) is 0 Å². The molecule has 2 aromatic carbocycles. The second-order valence-electron chi connectivity index (χ2n) is 4.72. The molecule has 134 valence electrons. The second-order valence-corrected chi connectivity index (χ2v) is 4.72. The van der Waals surface area contributed by atoms with Crippen LogP contribution < -0.4 is 10.6 Å². The first-order chi connectivity index (χ1) is 11.7. The van der Waals surface area contributed by atoms with Crippen LogP contribution in [0.4, 0.5) is 0 Å². The number of phenolic OH excluding ortho intramolecular Hbond substituents is 5. The number of benzene rings is 2. The van der Waals surface area contributed by atoms with Gasteiger partial charge in [0.25, 0.3) is 11.8 Å². The molecule has 2 rings (SSSR count). The van der Waals surface area contributed by atoms with Gasteiger partial charge in [0.05, 0.1) is 0 Å². The molecule has 0 saturated heterocycles. The van der Waals surface area contributed by atoms with Gasteiger partial charge in [0.15, 0.2) is 28.7 Å². The van der Waals surface area contributed by atoms with Crippen molar-refractivity contribution < 1.29 is 35.1 Å². The molecule has 0 fully saturated rings. The topological polar surface area (TPSA) is 159 Å². The van der Waals surface area contributed by atoms with Crippen LogP contribution in [0.15, 0.2) is 30.3 Å². The summed E-state index contributed by atoms with van der Waals surface area (Å²) in [6, 6.07) is 6.02. The minimum absolute atomic E-state index is 0.0790. The number of carbonyl (C=O) groups excluding carboxylic acids is 2. The summed E-state index contributed by atoms with van der Waals surface area (Å²) in [5.41, 5.74) is 0.392. The van der Waals surface area contributed by atoms with Crippen LogP contribution in [0.25, 0.3) is 0 Å². The summed E-state index contributed by atoms with van der Waals surface area (Å²) in [7, 11) is 2.91. The smallest absolute Gasteiger partial charge is 0.251 e. The van der Waals surface area contributed by atoms with Gasteiger partial charge in [-0.1, -0.05) is 0 Å². The molecule has 7 N–H and O–H groups in total. The SMILES string of the molecule is CNC(=O)c1cc(O)c(O)c(O)c1.CNC(=O)c1ccc(O)c(O)c1. The Morgan fingerprint density at radius 3 is 1.56 bits per heavy atom. The normalized spacial score (nSPS) is 9.52. The van der Waals surface area contributed by atoms with Gasteiger partial charge in [0.1, 0.15) is 0 Å². The van der Waals surface area contributed by atoms with Crippen molar-refractivity contribution in [3.05, 3.63) is 41.5 Å². The molecule has 2 amide bonds. The van der Waals surface area contributed by atoms with Crippen LogP contribution in [-0.2, 0) is 0 Å². The number of aromatic hydroxyl groups is 5. The van der Waals surface area contributed by atoms with Crippen molar-refractivity contribution in [1.82, 2.24) is 10.6 Å². The Kier molecular flexibility index (Phi) is 6.44. The monoisotopic (exact) mass is 350 g/mol. The van der Waals surface area contributed by atoms with E-state index in [0.717, 1.165) is 12.1 Å². The molecule has 9 heteroatoms. The molecule has 0 saturated carbocycles. The predicted octanol–water partition coefficient (Wildman–Crippen LogP) is 0.620. The Morgan fingerprint density at radius 1 is 0.680 bits per heavy atom. The summed E-state index contributed by atoms with van der Waals surface area (Å²) in [6.45, 7) is 0. The molecule has 0 heterocycles. The Morgan fingerprint density at radius 2 is 1.12 bits per heavy atom. The average Bonchev–Trinajstić information content (AvgIpc) is 2.60. The van der Waals surface area contributed by atoms with E-state index in [1.807, 2.05) is 0 Å².